The molecule has 1 N–H and O–H groups in total. The highest BCUT2D eigenvalue weighted by Gasteiger charge is 2.65. The van der Waals surface area contributed by atoms with E-state index in [1.165, 1.54) is 11.3 Å². The molecule has 2 fully saturated rings. The largest absolute Gasteiger partial charge is 0.481 e. The van der Waals surface area contributed by atoms with E-state index in [2.05, 4.69) is 10.2 Å². The summed E-state index contributed by atoms with van der Waals surface area (Å²) in [7, 11) is 0. The van der Waals surface area contributed by atoms with E-state index in [1.807, 2.05) is 11.8 Å². The Hall–Kier alpha value is -1.17. The standard InChI is InChI=1S/C9H11N3O2S/c1-5-10-11-8(15-5)12-3-6-2-9(6,4-12)7(13)14/h6H,2-4H2,1H3,(H,13,14). The maximum absolute atomic E-state index is 11.1. The first kappa shape index (κ1) is 9.08. The number of hydrogen-bond donors (Lipinski definition) is 1. The molecule has 2 atom stereocenters. The van der Waals surface area contributed by atoms with Crippen molar-refractivity contribution in [3.63, 3.8) is 0 Å². The average molecular weight is 225 g/mol. The molecule has 80 valence electrons. The van der Waals surface area contributed by atoms with E-state index < -0.39 is 11.4 Å². The van der Waals surface area contributed by atoms with Crippen molar-refractivity contribution in [1.82, 2.24) is 10.2 Å². The quantitative estimate of drug-likeness (QED) is 0.804. The zero-order valence-electron chi connectivity index (χ0n) is 8.30. The molecular weight excluding hydrogens is 214 g/mol. The van der Waals surface area contributed by atoms with Gasteiger partial charge in [-0.2, -0.15) is 0 Å². The molecule has 0 aromatic carbocycles. The number of aromatic nitrogens is 2. The smallest absolute Gasteiger partial charge is 0.311 e. The third kappa shape index (κ3) is 1.17. The maximum atomic E-state index is 11.1. The van der Waals surface area contributed by atoms with Crippen molar-refractivity contribution < 1.29 is 9.90 Å². The van der Waals surface area contributed by atoms with Crippen LogP contribution in [0.1, 0.15) is 11.4 Å². The van der Waals surface area contributed by atoms with Crippen molar-refractivity contribution in [3.05, 3.63) is 5.01 Å². The molecule has 3 rings (SSSR count). The minimum absolute atomic E-state index is 0.319. The van der Waals surface area contributed by atoms with Crippen LogP contribution in [0.3, 0.4) is 0 Å². The van der Waals surface area contributed by atoms with Gasteiger partial charge in [0, 0.05) is 13.1 Å². The summed E-state index contributed by atoms with van der Waals surface area (Å²) in [4.78, 5) is 13.1. The van der Waals surface area contributed by atoms with Crippen molar-refractivity contribution in [3.8, 4) is 0 Å². The molecule has 2 unspecified atom stereocenters. The molecule has 15 heavy (non-hydrogen) atoms. The van der Waals surface area contributed by atoms with Crippen LogP contribution in [0.2, 0.25) is 0 Å². The number of rotatable bonds is 2. The zero-order chi connectivity index (χ0) is 10.6. The van der Waals surface area contributed by atoms with Crippen LogP contribution in [0.5, 0.6) is 0 Å². The Labute approximate surface area is 90.7 Å². The van der Waals surface area contributed by atoms with Crippen LogP contribution in [0.15, 0.2) is 0 Å². The third-order valence-electron chi connectivity index (χ3n) is 3.36. The lowest BCUT2D eigenvalue weighted by atomic mass is 10.1. The third-order valence-corrected chi connectivity index (χ3v) is 4.26. The van der Waals surface area contributed by atoms with E-state index in [4.69, 9.17) is 5.11 Å². The fraction of sp³-hybridized carbons (Fsp3) is 0.667. The molecule has 5 nitrogen and oxygen atoms in total. The molecule has 1 saturated heterocycles. The van der Waals surface area contributed by atoms with Gasteiger partial charge in [0.05, 0.1) is 5.41 Å². The molecule has 2 aliphatic rings. The number of piperidine rings is 1. The number of aryl methyl sites for hydroxylation is 1. The lowest BCUT2D eigenvalue weighted by Gasteiger charge is -2.17. The number of carboxylic acids is 1. The van der Waals surface area contributed by atoms with E-state index >= 15 is 0 Å². The molecule has 0 spiro atoms. The van der Waals surface area contributed by atoms with Gasteiger partial charge >= 0.3 is 5.97 Å². The van der Waals surface area contributed by atoms with Gasteiger partial charge in [0.25, 0.3) is 0 Å². The number of anilines is 1. The Bertz CT molecular complexity index is 433. The molecule has 1 aliphatic heterocycles. The number of hydrogen-bond acceptors (Lipinski definition) is 5. The molecule has 1 saturated carbocycles. The van der Waals surface area contributed by atoms with Gasteiger partial charge in [-0.25, -0.2) is 0 Å². The second-order valence-corrected chi connectivity index (χ2v) is 5.51. The summed E-state index contributed by atoms with van der Waals surface area (Å²) in [6.07, 6.45) is 0.830. The van der Waals surface area contributed by atoms with Crippen molar-refractivity contribution in [2.75, 3.05) is 18.0 Å². The Kier molecular flexibility index (Phi) is 1.63. The van der Waals surface area contributed by atoms with Gasteiger partial charge in [-0.15, -0.1) is 10.2 Å². The molecule has 0 amide bonds. The minimum atomic E-state index is -0.656. The molecule has 1 aromatic heterocycles. The molecular formula is C9H11N3O2S. The first-order valence-electron chi connectivity index (χ1n) is 4.90. The van der Waals surface area contributed by atoms with Gasteiger partial charge < -0.3 is 10.0 Å². The van der Waals surface area contributed by atoms with Gasteiger partial charge in [-0.1, -0.05) is 11.3 Å². The van der Waals surface area contributed by atoms with Crippen LogP contribution in [-0.2, 0) is 4.79 Å². The van der Waals surface area contributed by atoms with E-state index in [9.17, 15) is 4.79 Å². The molecule has 1 aromatic rings. The van der Waals surface area contributed by atoms with Gasteiger partial charge in [0.15, 0.2) is 0 Å². The monoisotopic (exact) mass is 225 g/mol. The van der Waals surface area contributed by atoms with E-state index in [0.29, 0.717) is 12.5 Å². The Balaban J connectivity index is 1.81. The predicted molar refractivity (Wildman–Crippen MR) is 55.0 cm³/mol. The minimum Gasteiger partial charge on any atom is -0.481 e. The fourth-order valence-electron chi connectivity index (χ4n) is 2.37. The first-order chi connectivity index (χ1) is 7.12. The number of aliphatic carboxylic acids is 1. The summed E-state index contributed by atoms with van der Waals surface area (Å²) in [5.74, 6) is -0.338. The second-order valence-electron chi connectivity index (χ2n) is 4.35. The Morgan fingerprint density at radius 1 is 1.67 bits per heavy atom. The van der Waals surface area contributed by atoms with Crippen molar-refractivity contribution in [2.24, 2.45) is 11.3 Å². The van der Waals surface area contributed by atoms with Crippen LogP contribution >= 0.6 is 11.3 Å². The van der Waals surface area contributed by atoms with E-state index in [0.717, 1.165) is 23.1 Å². The SMILES string of the molecule is Cc1nnc(N2CC3CC3(C(=O)O)C2)s1. The Morgan fingerprint density at radius 3 is 3.00 bits per heavy atom. The summed E-state index contributed by atoms with van der Waals surface area (Å²) < 4.78 is 0. The highest BCUT2D eigenvalue weighted by molar-refractivity contribution is 7.15. The van der Waals surface area contributed by atoms with Crippen LogP contribution < -0.4 is 4.90 Å². The number of nitrogens with zero attached hydrogens (tertiary/aromatic N) is 3. The summed E-state index contributed by atoms with van der Waals surface area (Å²) in [6.45, 7) is 3.33. The molecule has 0 radical (unpaired) electrons. The molecule has 6 heteroatoms. The second kappa shape index (κ2) is 2.69. The zero-order valence-corrected chi connectivity index (χ0v) is 9.12. The van der Waals surface area contributed by atoms with Gasteiger partial charge in [-0.05, 0) is 19.3 Å². The highest BCUT2D eigenvalue weighted by Crippen LogP contribution is 2.58. The van der Waals surface area contributed by atoms with Gasteiger partial charge in [0.1, 0.15) is 5.01 Å². The average Bonchev–Trinajstić information content (AvgIpc) is 2.61. The molecule has 2 heterocycles. The van der Waals surface area contributed by atoms with Crippen LogP contribution in [0.25, 0.3) is 0 Å². The van der Waals surface area contributed by atoms with E-state index in [1.54, 1.807) is 0 Å². The normalized spacial score (nSPS) is 32.9. The maximum Gasteiger partial charge on any atom is 0.311 e. The van der Waals surface area contributed by atoms with Crippen molar-refractivity contribution in [1.29, 1.82) is 0 Å². The van der Waals surface area contributed by atoms with Crippen molar-refractivity contribution in [2.45, 2.75) is 13.3 Å². The topological polar surface area (TPSA) is 66.3 Å². The lowest BCUT2D eigenvalue weighted by Crippen LogP contribution is -2.28. The number of carbonyl (C=O) groups is 1. The fourth-order valence-corrected chi connectivity index (χ4v) is 3.07. The van der Waals surface area contributed by atoms with Crippen LogP contribution in [0.4, 0.5) is 5.13 Å². The van der Waals surface area contributed by atoms with Gasteiger partial charge in [-0.3, -0.25) is 4.79 Å². The summed E-state index contributed by atoms with van der Waals surface area (Å²) >= 11 is 1.53. The molecule has 1 aliphatic carbocycles. The summed E-state index contributed by atoms with van der Waals surface area (Å²) in [5.41, 5.74) is -0.473. The van der Waals surface area contributed by atoms with Crippen molar-refractivity contribution >= 4 is 22.4 Å². The number of fused-ring (bicyclic) bond motifs is 1. The highest BCUT2D eigenvalue weighted by atomic mass is 32.1. The predicted octanol–water partition coefficient (Wildman–Crippen LogP) is 0.757. The summed E-state index contributed by atoms with van der Waals surface area (Å²) in [5, 5.41) is 18.9. The number of carboxylic acid groups (broad SMARTS) is 1. The first-order valence-corrected chi connectivity index (χ1v) is 5.72. The molecule has 0 bridgehead atoms. The van der Waals surface area contributed by atoms with E-state index in [-0.39, 0.29) is 0 Å². The van der Waals surface area contributed by atoms with Gasteiger partial charge in [0.2, 0.25) is 5.13 Å². The lowest BCUT2D eigenvalue weighted by molar-refractivity contribution is -0.142. The van der Waals surface area contributed by atoms with Crippen LogP contribution in [-0.4, -0.2) is 34.4 Å². The Morgan fingerprint density at radius 2 is 2.47 bits per heavy atom. The summed E-state index contributed by atoms with van der Waals surface area (Å²) in [6, 6.07) is 0. The van der Waals surface area contributed by atoms with Crippen LogP contribution in [0, 0.1) is 18.3 Å².